The molecule has 0 spiro atoms. The molecule has 0 bridgehead atoms. The summed E-state index contributed by atoms with van der Waals surface area (Å²) in [6.45, 7) is 6.87. The second-order valence-corrected chi connectivity index (χ2v) is 7.09. The maximum atomic E-state index is 12.6. The van der Waals surface area contributed by atoms with Crippen LogP contribution in [0.4, 0.5) is 5.69 Å². The molecule has 4 rings (SSSR count). The summed E-state index contributed by atoms with van der Waals surface area (Å²) >= 11 is 0. The molecule has 2 amide bonds. The van der Waals surface area contributed by atoms with Crippen molar-refractivity contribution < 1.29 is 9.59 Å². The van der Waals surface area contributed by atoms with Crippen molar-refractivity contribution in [3.05, 3.63) is 35.8 Å². The summed E-state index contributed by atoms with van der Waals surface area (Å²) in [4.78, 5) is 32.5. The van der Waals surface area contributed by atoms with Crippen molar-refractivity contribution >= 4 is 17.5 Å². The zero-order valence-electron chi connectivity index (χ0n) is 15.7. The number of aryl methyl sites for hydroxylation is 1. The van der Waals surface area contributed by atoms with Crippen molar-refractivity contribution in [3.63, 3.8) is 0 Å². The topological polar surface area (TPSA) is 83.4 Å². The van der Waals surface area contributed by atoms with Crippen molar-refractivity contribution in [2.45, 2.75) is 32.7 Å². The smallest absolute Gasteiger partial charge is 0.245 e. The van der Waals surface area contributed by atoms with E-state index in [0.717, 1.165) is 36.0 Å². The largest absolute Gasteiger partial charge is 0.365 e. The molecule has 0 aromatic carbocycles. The van der Waals surface area contributed by atoms with E-state index >= 15 is 0 Å². The minimum atomic E-state index is -0.348. The number of hydrogen-bond donors (Lipinski definition) is 1. The molecule has 2 aliphatic rings. The molecule has 27 heavy (non-hydrogen) atoms. The van der Waals surface area contributed by atoms with Gasteiger partial charge in [-0.2, -0.15) is 5.10 Å². The minimum Gasteiger partial charge on any atom is -0.365 e. The van der Waals surface area contributed by atoms with E-state index in [1.807, 2.05) is 34.7 Å². The molecule has 2 aromatic heterocycles. The number of nitrogens with zero attached hydrogens (tertiary/aromatic N) is 5. The number of amides is 2. The van der Waals surface area contributed by atoms with Crippen molar-refractivity contribution in [2.24, 2.45) is 0 Å². The third kappa shape index (κ3) is 3.27. The lowest BCUT2D eigenvalue weighted by atomic mass is 10.1. The average molecular weight is 368 g/mol. The van der Waals surface area contributed by atoms with Gasteiger partial charge in [-0.05, 0) is 32.4 Å². The molecule has 1 atom stereocenters. The van der Waals surface area contributed by atoms with Gasteiger partial charge < -0.3 is 15.1 Å². The van der Waals surface area contributed by atoms with Crippen molar-refractivity contribution in [1.82, 2.24) is 25.0 Å². The summed E-state index contributed by atoms with van der Waals surface area (Å²) in [5, 5.41) is 7.44. The third-order valence-corrected chi connectivity index (χ3v) is 5.32. The van der Waals surface area contributed by atoms with E-state index in [2.05, 4.69) is 27.2 Å². The highest BCUT2D eigenvalue weighted by Crippen LogP contribution is 2.27. The van der Waals surface area contributed by atoms with Crippen LogP contribution < -0.4 is 10.2 Å². The zero-order valence-corrected chi connectivity index (χ0v) is 15.7. The van der Waals surface area contributed by atoms with Crippen LogP contribution in [0.2, 0.25) is 0 Å². The number of aromatic nitrogens is 3. The lowest BCUT2D eigenvalue weighted by Crippen LogP contribution is -2.53. The van der Waals surface area contributed by atoms with Crippen LogP contribution in [0.1, 0.15) is 24.2 Å². The average Bonchev–Trinajstić information content (AvgIpc) is 3.25. The lowest BCUT2D eigenvalue weighted by Gasteiger charge is -2.37. The van der Waals surface area contributed by atoms with Crippen LogP contribution in [0.5, 0.6) is 0 Å². The molecule has 142 valence electrons. The Morgan fingerprint density at radius 1 is 1.19 bits per heavy atom. The van der Waals surface area contributed by atoms with Crippen molar-refractivity contribution in [3.8, 4) is 5.82 Å². The normalized spacial score (nSPS) is 20.1. The Balaban J connectivity index is 1.46. The predicted octanol–water partition coefficient (Wildman–Crippen LogP) is 0.811. The summed E-state index contributed by atoms with van der Waals surface area (Å²) in [5.41, 5.74) is 3.12. The zero-order chi connectivity index (χ0) is 19.0. The SMILES string of the molecule is Cc1nn(-c2ccccn2)c(C)c1N1CCN(C(=O)C2CCC(=O)N2)CC1. The highest BCUT2D eigenvalue weighted by Gasteiger charge is 2.33. The van der Waals surface area contributed by atoms with E-state index in [0.29, 0.717) is 25.9 Å². The Kier molecular flexibility index (Phi) is 4.55. The molecule has 0 aliphatic carbocycles. The van der Waals surface area contributed by atoms with Crippen LogP contribution in [0.3, 0.4) is 0 Å². The van der Waals surface area contributed by atoms with Gasteiger partial charge in [-0.1, -0.05) is 6.07 Å². The Morgan fingerprint density at radius 3 is 2.59 bits per heavy atom. The Hall–Kier alpha value is -2.90. The molecule has 2 fully saturated rings. The van der Waals surface area contributed by atoms with E-state index in [1.54, 1.807) is 6.20 Å². The maximum absolute atomic E-state index is 12.6. The highest BCUT2D eigenvalue weighted by atomic mass is 16.2. The van der Waals surface area contributed by atoms with Gasteiger partial charge in [0.2, 0.25) is 11.8 Å². The number of anilines is 1. The highest BCUT2D eigenvalue weighted by molar-refractivity contribution is 5.91. The van der Waals surface area contributed by atoms with Crippen molar-refractivity contribution in [2.75, 3.05) is 31.1 Å². The van der Waals surface area contributed by atoms with E-state index in [9.17, 15) is 9.59 Å². The van der Waals surface area contributed by atoms with Gasteiger partial charge in [0, 0.05) is 38.8 Å². The maximum Gasteiger partial charge on any atom is 0.245 e. The number of carbonyl (C=O) groups is 2. The molecule has 8 heteroatoms. The van der Waals surface area contributed by atoms with Crippen LogP contribution in [-0.2, 0) is 9.59 Å². The van der Waals surface area contributed by atoms with Gasteiger partial charge in [-0.15, -0.1) is 0 Å². The molecule has 2 saturated heterocycles. The van der Waals surface area contributed by atoms with E-state index < -0.39 is 0 Å². The van der Waals surface area contributed by atoms with Gasteiger partial charge in [-0.3, -0.25) is 9.59 Å². The number of nitrogens with one attached hydrogen (secondary N) is 1. The summed E-state index contributed by atoms with van der Waals surface area (Å²) < 4.78 is 1.87. The van der Waals surface area contributed by atoms with Gasteiger partial charge in [0.15, 0.2) is 5.82 Å². The molecule has 2 aliphatic heterocycles. The van der Waals surface area contributed by atoms with E-state index in [-0.39, 0.29) is 17.9 Å². The quantitative estimate of drug-likeness (QED) is 0.867. The fourth-order valence-corrected chi connectivity index (χ4v) is 3.96. The standard InChI is InChI=1S/C19H24N6O2/c1-13-18(14(2)25(22-13)16-5-3-4-8-20-16)23-9-11-24(12-10-23)19(27)15-6-7-17(26)21-15/h3-5,8,15H,6-7,9-12H2,1-2H3,(H,21,26). The first-order valence-corrected chi connectivity index (χ1v) is 9.35. The van der Waals surface area contributed by atoms with Crippen LogP contribution >= 0.6 is 0 Å². The van der Waals surface area contributed by atoms with Gasteiger partial charge >= 0.3 is 0 Å². The number of rotatable bonds is 3. The molecule has 0 radical (unpaired) electrons. The fourth-order valence-electron chi connectivity index (χ4n) is 3.96. The van der Waals surface area contributed by atoms with Crippen LogP contribution in [0, 0.1) is 13.8 Å². The van der Waals surface area contributed by atoms with Gasteiger partial charge in [0.05, 0.1) is 17.1 Å². The second-order valence-electron chi connectivity index (χ2n) is 7.09. The fraction of sp³-hybridized carbons (Fsp3) is 0.474. The lowest BCUT2D eigenvalue weighted by molar-refractivity contribution is -0.134. The number of pyridine rings is 1. The summed E-state index contributed by atoms with van der Waals surface area (Å²) in [7, 11) is 0. The van der Waals surface area contributed by atoms with Gasteiger partial charge in [0.1, 0.15) is 6.04 Å². The summed E-state index contributed by atoms with van der Waals surface area (Å²) in [6.07, 6.45) is 2.81. The predicted molar refractivity (Wildman–Crippen MR) is 101 cm³/mol. The van der Waals surface area contributed by atoms with Crippen LogP contribution in [0.15, 0.2) is 24.4 Å². The second kappa shape index (κ2) is 7.02. The van der Waals surface area contributed by atoms with E-state index in [4.69, 9.17) is 0 Å². The molecule has 1 unspecified atom stereocenters. The molecule has 0 saturated carbocycles. The first-order chi connectivity index (χ1) is 13.0. The van der Waals surface area contributed by atoms with Crippen molar-refractivity contribution in [1.29, 1.82) is 0 Å². The van der Waals surface area contributed by atoms with Gasteiger partial charge in [0.25, 0.3) is 0 Å². The first kappa shape index (κ1) is 17.5. The molecule has 1 N–H and O–H groups in total. The first-order valence-electron chi connectivity index (χ1n) is 9.35. The number of piperazine rings is 1. The Labute approximate surface area is 158 Å². The molecular weight excluding hydrogens is 344 g/mol. The van der Waals surface area contributed by atoms with Gasteiger partial charge in [-0.25, -0.2) is 9.67 Å². The Bertz CT molecular complexity index is 855. The third-order valence-electron chi connectivity index (χ3n) is 5.32. The van der Waals surface area contributed by atoms with E-state index in [1.165, 1.54) is 0 Å². The summed E-state index contributed by atoms with van der Waals surface area (Å²) in [6, 6.07) is 5.43. The molecule has 8 nitrogen and oxygen atoms in total. The molecule has 4 heterocycles. The number of carbonyl (C=O) groups excluding carboxylic acids is 2. The van der Waals surface area contributed by atoms with Crippen LogP contribution in [0.25, 0.3) is 5.82 Å². The minimum absolute atomic E-state index is 0.0276. The number of hydrogen-bond acceptors (Lipinski definition) is 5. The monoisotopic (exact) mass is 368 g/mol. The molecule has 2 aromatic rings. The molecular formula is C19H24N6O2. The van der Waals surface area contributed by atoms with Crippen LogP contribution in [-0.4, -0.2) is 63.7 Å². The Morgan fingerprint density at radius 2 is 1.96 bits per heavy atom. The summed E-state index contributed by atoms with van der Waals surface area (Å²) in [5.74, 6) is 0.813.